The highest BCUT2D eigenvalue weighted by Crippen LogP contribution is 2.29. The summed E-state index contributed by atoms with van der Waals surface area (Å²) in [4.78, 5) is 23.5. The van der Waals surface area contributed by atoms with Gasteiger partial charge in [-0.3, -0.25) is 14.5 Å². The van der Waals surface area contributed by atoms with Crippen LogP contribution in [0.25, 0.3) is 11.3 Å². The molecule has 0 aromatic carbocycles. The molecule has 3 rings (SSSR count). The SMILES string of the molecule is Cn1cc(-c2cncc(C3CCN(C(=O)C(C)(C)C)CC3)n2)cn1. The fourth-order valence-electron chi connectivity index (χ4n) is 3.12. The molecule has 1 aliphatic heterocycles. The first-order chi connectivity index (χ1) is 11.3. The number of hydrogen-bond acceptors (Lipinski definition) is 4. The van der Waals surface area contributed by atoms with E-state index in [0.717, 1.165) is 42.9 Å². The van der Waals surface area contributed by atoms with Gasteiger partial charge in [0.15, 0.2) is 0 Å². The lowest BCUT2D eigenvalue weighted by Gasteiger charge is -2.35. The summed E-state index contributed by atoms with van der Waals surface area (Å²) in [5.41, 5.74) is 2.53. The van der Waals surface area contributed by atoms with Crippen molar-refractivity contribution in [2.24, 2.45) is 12.5 Å². The molecule has 24 heavy (non-hydrogen) atoms. The molecule has 0 bridgehead atoms. The number of likely N-dealkylation sites (tertiary alicyclic amines) is 1. The van der Waals surface area contributed by atoms with E-state index in [1.54, 1.807) is 17.1 Å². The van der Waals surface area contributed by atoms with Crippen LogP contribution in [0.3, 0.4) is 0 Å². The Kier molecular flexibility index (Phi) is 4.39. The lowest BCUT2D eigenvalue weighted by molar-refractivity contribution is -0.140. The minimum absolute atomic E-state index is 0.233. The Morgan fingerprint density at radius 2 is 1.88 bits per heavy atom. The summed E-state index contributed by atoms with van der Waals surface area (Å²) in [7, 11) is 1.89. The molecular weight excluding hydrogens is 302 g/mol. The van der Waals surface area contributed by atoms with E-state index < -0.39 is 0 Å². The van der Waals surface area contributed by atoms with E-state index in [4.69, 9.17) is 4.98 Å². The van der Waals surface area contributed by atoms with Gasteiger partial charge in [0.1, 0.15) is 0 Å². The highest BCUT2D eigenvalue weighted by atomic mass is 16.2. The van der Waals surface area contributed by atoms with Crippen molar-refractivity contribution < 1.29 is 4.79 Å². The predicted molar refractivity (Wildman–Crippen MR) is 92.2 cm³/mol. The fraction of sp³-hybridized carbons (Fsp3) is 0.556. The minimum Gasteiger partial charge on any atom is -0.342 e. The Morgan fingerprint density at radius 3 is 2.46 bits per heavy atom. The Bertz CT molecular complexity index is 723. The fourth-order valence-corrected chi connectivity index (χ4v) is 3.12. The summed E-state index contributed by atoms with van der Waals surface area (Å²) < 4.78 is 1.76. The van der Waals surface area contributed by atoms with Crippen LogP contribution < -0.4 is 0 Å². The van der Waals surface area contributed by atoms with Gasteiger partial charge in [0.05, 0.1) is 23.8 Å². The zero-order valence-electron chi connectivity index (χ0n) is 14.9. The standard InChI is InChI=1S/C18H25N5O/c1-18(2,3)17(24)23-7-5-13(6-8-23)15-10-19-11-16(21-15)14-9-20-22(4)12-14/h9-13H,5-8H2,1-4H3. The van der Waals surface area contributed by atoms with E-state index in [1.807, 2.05) is 45.1 Å². The smallest absolute Gasteiger partial charge is 0.227 e. The molecule has 0 radical (unpaired) electrons. The molecule has 1 saturated heterocycles. The van der Waals surface area contributed by atoms with E-state index in [9.17, 15) is 4.79 Å². The molecule has 2 aromatic rings. The minimum atomic E-state index is -0.313. The second-order valence-corrected chi connectivity index (χ2v) is 7.55. The lowest BCUT2D eigenvalue weighted by atomic mass is 9.90. The van der Waals surface area contributed by atoms with E-state index in [-0.39, 0.29) is 11.3 Å². The number of amides is 1. The second-order valence-electron chi connectivity index (χ2n) is 7.55. The van der Waals surface area contributed by atoms with Gasteiger partial charge in [-0.05, 0) is 12.8 Å². The first kappa shape index (κ1) is 16.6. The molecule has 128 valence electrons. The molecule has 0 N–H and O–H groups in total. The third-order valence-corrected chi connectivity index (χ3v) is 4.50. The Balaban J connectivity index is 1.70. The van der Waals surface area contributed by atoms with Gasteiger partial charge >= 0.3 is 0 Å². The number of hydrogen-bond donors (Lipinski definition) is 0. The molecule has 3 heterocycles. The molecular formula is C18H25N5O. The molecule has 1 amide bonds. The third-order valence-electron chi connectivity index (χ3n) is 4.50. The first-order valence-corrected chi connectivity index (χ1v) is 8.45. The van der Waals surface area contributed by atoms with Crippen LogP contribution in [-0.4, -0.2) is 43.6 Å². The van der Waals surface area contributed by atoms with Crippen LogP contribution in [0.1, 0.15) is 45.2 Å². The van der Waals surface area contributed by atoms with Crippen molar-refractivity contribution in [2.45, 2.75) is 39.5 Å². The zero-order valence-corrected chi connectivity index (χ0v) is 14.9. The summed E-state index contributed by atoms with van der Waals surface area (Å²) in [5, 5.41) is 4.19. The van der Waals surface area contributed by atoms with Gasteiger partial charge in [-0.1, -0.05) is 20.8 Å². The van der Waals surface area contributed by atoms with E-state index in [2.05, 4.69) is 10.1 Å². The average Bonchev–Trinajstić information content (AvgIpc) is 3.00. The highest BCUT2D eigenvalue weighted by molar-refractivity contribution is 5.81. The normalized spacial score (nSPS) is 16.4. The number of piperidine rings is 1. The van der Waals surface area contributed by atoms with Crippen molar-refractivity contribution in [1.82, 2.24) is 24.6 Å². The van der Waals surface area contributed by atoms with Gasteiger partial charge in [-0.25, -0.2) is 4.98 Å². The molecule has 1 fully saturated rings. The van der Waals surface area contributed by atoms with Gasteiger partial charge in [-0.2, -0.15) is 5.10 Å². The Hall–Kier alpha value is -2.24. The topological polar surface area (TPSA) is 63.9 Å². The van der Waals surface area contributed by atoms with Gasteiger partial charge < -0.3 is 4.90 Å². The molecule has 0 aliphatic carbocycles. The maximum Gasteiger partial charge on any atom is 0.227 e. The number of aryl methyl sites for hydroxylation is 1. The van der Waals surface area contributed by atoms with Crippen LogP contribution in [0, 0.1) is 5.41 Å². The van der Waals surface area contributed by atoms with Crippen molar-refractivity contribution in [2.75, 3.05) is 13.1 Å². The zero-order chi connectivity index (χ0) is 17.3. The number of nitrogens with zero attached hydrogens (tertiary/aromatic N) is 5. The van der Waals surface area contributed by atoms with E-state index >= 15 is 0 Å². The number of carbonyl (C=O) groups is 1. The number of carbonyl (C=O) groups excluding carboxylic acids is 1. The molecule has 1 aliphatic rings. The largest absolute Gasteiger partial charge is 0.342 e. The maximum atomic E-state index is 12.4. The van der Waals surface area contributed by atoms with E-state index in [1.165, 1.54) is 0 Å². The molecule has 0 atom stereocenters. The first-order valence-electron chi connectivity index (χ1n) is 8.45. The Labute approximate surface area is 142 Å². The van der Waals surface area contributed by atoms with Crippen LogP contribution in [0.2, 0.25) is 0 Å². The number of rotatable bonds is 2. The van der Waals surface area contributed by atoms with Crippen molar-refractivity contribution in [3.05, 3.63) is 30.5 Å². The molecule has 0 unspecified atom stereocenters. The van der Waals surface area contributed by atoms with Gasteiger partial charge in [-0.15, -0.1) is 0 Å². The highest BCUT2D eigenvalue weighted by Gasteiger charge is 2.31. The van der Waals surface area contributed by atoms with Crippen LogP contribution in [0.5, 0.6) is 0 Å². The van der Waals surface area contributed by atoms with Crippen molar-refractivity contribution in [1.29, 1.82) is 0 Å². The van der Waals surface area contributed by atoms with Crippen molar-refractivity contribution >= 4 is 5.91 Å². The summed E-state index contributed by atoms with van der Waals surface area (Å²) in [6, 6.07) is 0. The van der Waals surface area contributed by atoms with E-state index in [0.29, 0.717) is 5.92 Å². The summed E-state index contributed by atoms with van der Waals surface area (Å²) in [6.07, 6.45) is 9.25. The lowest BCUT2D eigenvalue weighted by Crippen LogP contribution is -2.43. The molecule has 6 nitrogen and oxygen atoms in total. The van der Waals surface area contributed by atoms with Crippen LogP contribution in [-0.2, 0) is 11.8 Å². The molecule has 2 aromatic heterocycles. The third kappa shape index (κ3) is 3.47. The monoisotopic (exact) mass is 327 g/mol. The predicted octanol–water partition coefficient (Wildman–Crippen LogP) is 2.63. The van der Waals surface area contributed by atoms with Crippen LogP contribution in [0.4, 0.5) is 0 Å². The maximum absolute atomic E-state index is 12.4. The molecule has 6 heteroatoms. The second kappa shape index (κ2) is 6.34. The van der Waals surface area contributed by atoms with Crippen molar-refractivity contribution in [3.63, 3.8) is 0 Å². The average molecular weight is 327 g/mol. The Morgan fingerprint density at radius 1 is 1.17 bits per heavy atom. The molecule has 0 saturated carbocycles. The number of aromatic nitrogens is 4. The van der Waals surface area contributed by atoms with Gasteiger partial charge in [0.2, 0.25) is 5.91 Å². The van der Waals surface area contributed by atoms with Crippen LogP contribution >= 0.6 is 0 Å². The molecule has 0 spiro atoms. The van der Waals surface area contributed by atoms with Gasteiger partial charge in [0.25, 0.3) is 0 Å². The summed E-state index contributed by atoms with van der Waals surface area (Å²) in [5.74, 6) is 0.592. The van der Waals surface area contributed by atoms with Gasteiger partial charge in [0, 0.05) is 49.4 Å². The summed E-state index contributed by atoms with van der Waals surface area (Å²) in [6.45, 7) is 7.51. The summed E-state index contributed by atoms with van der Waals surface area (Å²) >= 11 is 0. The van der Waals surface area contributed by atoms with Crippen LogP contribution in [0.15, 0.2) is 24.8 Å². The van der Waals surface area contributed by atoms with Crippen molar-refractivity contribution in [3.8, 4) is 11.3 Å². The quantitative estimate of drug-likeness (QED) is 0.850.